The van der Waals surface area contributed by atoms with Gasteiger partial charge in [0.25, 0.3) is 0 Å². The zero-order valence-corrected chi connectivity index (χ0v) is 64.3. The normalized spacial score (nSPS) is 21.9. The summed E-state index contributed by atoms with van der Waals surface area (Å²) < 4.78 is 54.9. The van der Waals surface area contributed by atoms with E-state index in [0.29, 0.717) is 50.6 Å². The number of ether oxygens (including phenoxy) is 6. The Labute approximate surface area is 605 Å². The average molecular weight is 1450 g/mol. The number of aliphatic hydroxyl groups is 5. The SMILES string of the molecule is C=C(C[C@H](O)CCCCCCCCCC)NC1C(O)OC(CO[C@@H]2OC(CO)[C@@H](OP(=O)(O)O)C(OC(=O)C[C@@H](CCCCCCCCCC)OC(=O)CCCCCCCCCCCC)[C@@H]2NC(=O)C[C@@H](CCCCCCCCCC)OC(=O)CCCCCCCCCCCC)[C@@H](O)[C@@H]1O. The van der Waals surface area contributed by atoms with Crippen LogP contribution in [0.1, 0.15) is 369 Å². The van der Waals surface area contributed by atoms with Crippen LogP contribution in [0.25, 0.3) is 0 Å². The Bertz CT molecular complexity index is 2090. The summed E-state index contributed by atoms with van der Waals surface area (Å²) in [6.07, 6.45) is 30.3. The van der Waals surface area contributed by atoms with Gasteiger partial charge in [0, 0.05) is 25.0 Å². The molecule has 2 saturated heterocycles. The molecule has 5 unspecified atom stereocenters. The molecule has 0 saturated carbocycles. The molecule has 100 heavy (non-hydrogen) atoms. The third-order valence-corrected chi connectivity index (χ3v) is 20.2. The van der Waals surface area contributed by atoms with Crippen molar-refractivity contribution in [1.82, 2.24) is 10.6 Å². The molecule has 13 atom stereocenters. The van der Waals surface area contributed by atoms with Crippen LogP contribution in [0.4, 0.5) is 0 Å². The number of hydrogen-bond acceptors (Lipinski definition) is 18. The molecule has 21 nitrogen and oxygen atoms in total. The minimum Gasteiger partial charge on any atom is -0.462 e. The van der Waals surface area contributed by atoms with Crippen molar-refractivity contribution >= 4 is 31.6 Å². The van der Waals surface area contributed by atoms with Crippen LogP contribution in [-0.4, -0.2) is 152 Å². The number of phosphoric acid groups is 1. The number of carbonyl (C=O) groups is 4. The quantitative estimate of drug-likeness (QED) is 0.0118. The molecule has 0 radical (unpaired) electrons. The van der Waals surface area contributed by atoms with Crippen molar-refractivity contribution in [3.05, 3.63) is 12.3 Å². The number of unbranched alkanes of at least 4 members (excludes halogenated alkanes) is 39. The van der Waals surface area contributed by atoms with Crippen molar-refractivity contribution in [2.75, 3.05) is 13.2 Å². The molecule has 0 aromatic heterocycles. The standard InChI is InChI=1S/C78H147N2O19P/c1-7-12-17-22-27-32-34-39-44-49-54-68(84)94-63(52-47-42-37-30-25-20-15-10-4)57-67(83)80-72-76(98-70(86)58-64(53-48-43-38-31-26-21-16-11-5)95-69(85)55-50-45-40-35-33-28-23-18-13-8-2)75(99-100(90,91)92)65(59-81)97-78(72)93-60-66-73(87)74(88)71(77(89)96-66)79-61(6)56-62(82)51-46-41-36-29-24-19-14-9-3/h62-66,71-79,81-82,87-89H,6-60H2,1-5H3,(H,80,83)(H2,90,91,92)/t62-,63-,64-,65?,66?,71?,72+,73-,74-,75-,76?,77?,78-/m1/s1. The molecule has 1 amide bonds. The topological polar surface area (TPSA) is 316 Å². The van der Waals surface area contributed by atoms with Crippen molar-refractivity contribution in [3.63, 3.8) is 0 Å². The Hall–Kier alpha value is -2.79. The number of phosphoric ester groups is 1. The minimum atomic E-state index is -5.53. The van der Waals surface area contributed by atoms with Crippen LogP contribution < -0.4 is 10.6 Å². The van der Waals surface area contributed by atoms with Crippen LogP contribution in [0.15, 0.2) is 12.3 Å². The zero-order valence-electron chi connectivity index (χ0n) is 63.4. The number of carbonyl (C=O) groups excluding carboxylic acids is 4. The molecule has 9 N–H and O–H groups in total. The molecule has 2 aliphatic heterocycles. The third kappa shape index (κ3) is 46.2. The maximum atomic E-state index is 14.8. The fourth-order valence-electron chi connectivity index (χ4n) is 13.7. The van der Waals surface area contributed by atoms with E-state index in [-0.39, 0.29) is 19.3 Å². The van der Waals surface area contributed by atoms with Crippen LogP contribution in [0.3, 0.4) is 0 Å². The lowest BCUT2D eigenvalue weighted by atomic mass is 9.95. The molecule has 2 fully saturated rings. The van der Waals surface area contributed by atoms with Gasteiger partial charge in [-0.2, -0.15) is 0 Å². The number of hydrogen-bond donors (Lipinski definition) is 9. The van der Waals surface area contributed by atoms with E-state index in [4.69, 9.17) is 32.9 Å². The van der Waals surface area contributed by atoms with E-state index in [9.17, 15) is 59.1 Å². The third-order valence-electron chi connectivity index (χ3n) is 19.7. The molecule has 2 rings (SSSR count). The first kappa shape index (κ1) is 93.3. The van der Waals surface area contributed by atoms with Crippen LogP contribution in [0.2, 0.25) is 0 Å². The van der Waals surface area contributed by atoms with E-state index < -0.39 is 137 Å². The largest absolute Gasteiger partial charge is 0.470 e. The maximum Gasteiger partial charge on any atom is 0.470 e. The van der Waals surface area contributed by atoms with E-state index in [1.807, 2.05) is 0 Å². The van der Waals surface area contributed by atoms with E-state index in [1.165, 1.54) is 89.9 Å². The Balaban J connectivity index is 2.53. The summed E-state index contributed by atoms with van der Waals surface area (Å²) in [7, 11) is -5.53. The van der Waals surface area contributed by atoms with Gasteiger partial charge in [0.05, 0.1) is 32.2 Å². The minimum absolute atomic E-state index is 0.109. The predicted octanol–water partition coefficient (Wildman–Crippen LogP) is 16.1. The van der Waals surface area contributed by atoms with E-state index in [0.717, 1.165) is 167 Å². The van der Waals surface area contributed by atoms with E-state index in [2.05, 4.69) is 51.8 Å². The predicted molar refractivity (Wildman–Crippen MR) is 394 cm³/mol. The first-order valence-electron chi connectivity index (χ1n) is 40.6. The van der Waals surface area contributed by atoms with Gasteiger partial charge in [0.15, 0.2) is 18.7 Å². The Morgan fingerprint density at radius 1 is 0.450 bits per heavy atom. The molecule has 0 aliphatic carbocycles. The van der Waals surface area contributed by atoms with Crippen LogP contribution in [0, 0.1) is 0 Å². The van der Waals surface area contributed by atoms with Crippen molar-refractivity contribution in [1.29, 1.82) is 0 Å². The summed E-state index contributed by atoms with van der Waals surface area (Å²) >= 11 is 0. The second kappa shape index (κ2) is 60.4. The fraction of sp³-hybridized carbons (Fsp3) is 0.923. The summed E-state index contributed by atoms with van der Waals surface area (Å²) in [5, 5.41) is 62.0. The number of aliphatic hydroxyl groups excluding tert-OH is 5. The van der Waals surface area contributed by atoms with Gasteiger partial charge in [0.1, 0.15) is 54.8 Å². The van der Waals surface area contributed by atoms with Crippen LogP contribution in [-0.2, 0) is 56.7 Å². The number of esters is 3. The highest BCUT2D eigenvalue weighted by Crippen LogP contribution is 2.43. The second-order valence-corrected chi connectivity index (χ2v) is 30.3. The van der Waals surface area contributed by atoms with Gasteiger partial charge in [-0.1, -0.05) is 298 Å². The summed E-state index contributed by atoms with van der Waals surface area (Å²) in [6, 6.07) is -3.03. The maximum absolute atomic E-state index is 14.8. The molecule has 2 aliphatic rings. The molecule has 0 aromatic carbocycles. The van der Waals surface area contributed by atoms with Crippen molar-refractivity contribution in [2.45, 2.75) is 448 Å². The smallest absolute Gasteiger partial charge is 0.462 e. The lowest BCUT2D eigenvalue weighted by Gasteiger charge is -2.46. The monoisotopic (exact) mass is 1450 g/mol. The fourth-order valence-corrected chi connectivity index (χ4v) is 14.2. The zero-order chi connectivity index (χ0) is 73.4. The molecule has 22 heteroatoms. The molecule has 588 valence electrons. The summed E-state index contributed by atoms with van der Waals surface area (Å²) in [5.74, 6) is -2.69. The van der Waals surface area contributed by atoms with Crippen LogP contribution in [0.5, 0.6) is 0 Å². The molecule has 0 aromatic rings. The van der Waals surface area contributed by atoms with Gasteiger partial charge in [-0.15, -0.1) is 0 Å². The van der Waals surface area contributed by atoms with E-state index in [1.54, 1.807) is 0 Å². The molecule has 2 heterocycles. The molecular weight excluding hydrogens is 1300 g/mol. The molecule has 0 spiro atoms. The highest BCUT2D eigenvalue weighted by atomic mass is 31.2. The van der Waals surface area contributed by atoms with Crippen LogP contribution >= 0.6 is 7.82 Å². The van der Waals surface area contributed by atoms with Gasteiger partial charge in [-0.25, -0.2) is 4.57 Å². The highest BCUT2D eigenvalue weighted by Gasteiger charge is 2.53. The summed E-state index contributed by atoms with van der Waals surface area (Å²) in [6.45, 7) is 13.2. The lowest BCUT2D eigenvalue weighted by Crippen LogP contribution is -2.67. The average Bonchev–Trinajstić information content (AvgIpc) is 0.783. The van der Waals surface area contributed by atoms with Gasteiger partial charge < -0.3 is 74.4 Å². The molecular formula is C78H147N2O19P. The van der Waals surface area contributed by atoms with Crippen molar-refractivity contribution in [3.8, 4) is 0 Å². The summed E-state index contributed by atoms with van der Waals surface area (Å²) in [4.78, 5) is 77.5. The van der Waals surface area contributed by atoms with Gasteiger partial charge in [-0.05, 0) is 44.9 Å². The number of amides is 1. The van der Waals surface area contributed by atoms with E-state index >= 15 is 0 Å². The Morgan fingerprint density at radius 3 is 1.23 bits per heavy atom. The summed E-state index contributed by atoms with van der Waals surface area (Å²) in [5.41, 5.74) is 0.295. The second-order valence-electron chi connectivity index (χ2n) is 29.1. The first-order valence-corrected chi connectivity index (χ1v) is 42.2. The number of rotatable bonds is 67. The van der Waals surface area contributed by atoms with Gasteiger partial charge in [-0.3, -0.25) is 23.7 Å². The Morgan fingerprint density at radius 2 is 0.830 bits per heavy atom. The Kier molecular flexibility index (Phi) is 56.3. The first-order chi connectivity index (χ1) is 48.3. The highest BCUT2D eigenvalue weighted by molar-refractivity contribution is 7.46. The van der Waals surface area contributed by atoms with Gasteiger partial charge >= 0.3 is 25.7 Å². The lowest BCUT2D eigenvalue weighted by molar-refractivity contribution is -0.297. The van der Waals surface area contributed by atoms with Gasteiger partial charge in [0.2, 0.25) is 5.91 Å². The van der Waals surface area contributed by atoms with Crippen molar-refractivity contribution in [2.24, 2.45) is 0 Å². The van der Waals surface area contributed by atoms with Crippen molar-refractivity contribution < 1.29 is 92.0 Å². The number of nitrogens with one attached hydrogen (secondary N) is 2. The molecule has 0 bridgehead atoms.